The van der Waals surface area contributed by atoms with Crippen LogP contribution in [0.2, 0.25) is 0 Å². The van der Waals surface area contributed by atoms with Gasteiger partial charge in [-0.2, -0.15) is 11.6 Å². The van der Waals surface area contributed by atoms with Gasteiger partial charge in [-0.05, 0) is 13.0 Å². The fourth-order valence-corrected chi connectivity index (χ4v) is 2.14. The van der Waals surface area contributed by atoms with Crippen LogP contribution < -0.4 is 5.32 Å². The van der Waals surface area contributed by atoms with Crippen molar-refractivity contribution in [1.29, 1.82) is 0 Å². The molecule has 88 valence electrons. The standard InChI is InChI=1S/C13H19N2O/c1-15-8-6-12-11(4-3-5-13(12)15)10-14-7-9-16-2/h3-5,14H,1,6-10H2,2H3/q-1. The van der Waals surface area contributed by atoms with E-state index in [1.165, 1.54) is 17.2 Å². The Balaban J connectivity index is 1.93. The van der Waals surface area contributed by atoms with Crippen LogP contribution in [0.4, 0.5) is 0 Å². The quantitative estimate of drug-likeness (QED) is 0.423. The molecule has 1 aliphatic carbocycles. The van der Waals surface area contributed by atoms with E-state index >= 15 is 0 Å². The molecule has 1 saturated heterocycles. The second-order valence-electron chi connectivity index (χ2n) is 4.10. The Morgan fingerprint density at radius 1 is 1.69 bits per heavy atom. The lowest BCUT2D eigenvalue weighted by molar-refractivity contribution is -0.475. The average Bonchev–Trinajstić information content (AvgIpc) is 2.68. The molecule has 16 heavy (non-hydrogen) atoms. The van der Waals surface area contributed by atoms with Crippen molar-refractivity contribution in [2.24, 2.45) is 0 Å². The molecule has 2 rings (SSSR count). The van der Waals surface area contributed by atoms with E-state index in [-0.39, 0.29) is 0 Å². The van der Waals surface area contributed by atoms with Gasteiger partial charge in [-0.25, -0.2) is 18.1 Å². The number of nitrogens with zero attached hydrogens (tertiary/aromatic N) is 1. The molecule has 0 saturated carbocycles. The molecule has 1 aliphatic heterocycles. The lowest BCUT2D eigenvalue weighted by Gasteiger charge is -2.30. The Morgan fingerprint density at radius 2 is 2.56 bits per heavy atom. The average molecular weight is 219 g/mol. The van der Waals surface area contributed by atoms with Crippen LogP contribution in [-0.2, 0) is 4.74 Å². The second kappa shape index (κ2) is 5.23. The SMILES string of the molecule is C=[N+]1CCC2=C(CNCCOC)[CH-]C=C[C-]21. The van der Waals surface area contributed by atoms with Crippen molar-refractivity contribution in [2.75, 3.05) is 33.4 Å². The lowest BCUT2D eigenvalue weighted by atomic mass is 9.93. The summed E-state index contributed by atoms with van der Waals surface area (Å²) in [5.41, 5.74) is 2.84. The summed E-state index contributed by atoms with van der Waals surface area (Å²) >= 11 is 0. The number of allylic oxidation sites excluding steroid dienone is 1. The molecule has 1 N–H and O–H groups in total. The summed E-state index contributed by atoms with van der Waals surface area (Å²) in [6.45, 7) is 7.63. The van der Waals surface area contributed by atoms with Crippen molar-refractivity contribution in [3.05, 3.63) is 35.8 Å². The second-order valence-corrected chi connectivity index (χ2v) is 4.10. The summed E-state index contributed by atoms with van der Waals surface area (Å²) in [7, 11) is 1.72. The molecular formula is C13H19N2O-. The zero-order valence-corrected chi connectivity index (χ0v) is 9.83. The summed E-state index contributed by atoms with van der Waals surface area (Å²) in [6, 6.07) is 1.28. The Bertz CT molecular complexity index is 331. The van der Waals surface area contributed by atoms with Crippen LogP contribution in [0, 0.1) is 12.5 Å². The number of fused-ring (bicyclic) bond motifs is 1. The van der Waals surface area contributed by atoms with Crippen molar-refractivity contribution >= 4 is 6.72 Å². The van der Waals surface area contributed by atoms with Gasteiger partial charge >= 0.3 is 0 Å². The third-order valence-corrected chi connectivity index (χ3v) is 3.02. The Kier molecular flexibility index (Phi) is 3.70. The summed E-state index contributed by atoms with van der Waals surface area (Å²) in [5.74, 6) is 0. The van der Waals surface area contributed by atoms with Gasteiger partial charge in [0.1, 0.15) is 6.54 Å². The molecule has 0 aromatic rings. The molecular weight excluding hydrogens is 200 g/mol. The minimum absolute atomic E-state index is 0.760. The lowest BCUT2D eigenvalue weighted by Crippen LogP contribution is -2.24. The number of hydrogen-bond acceptors (Lipinski definition) is 2. The topological polar surface area (TPSA) is 24.3 Å². The molecule has 3 nitrogen and oxygen atoms in total. The molecule has 0 aromatic carbocycles. The maximum Gasteiger partial charge on any atom is 0.121 e. The van der Waals surface area contributed by atoms with E-state index in [1.807, 2.05) is 0 Å². The number of nitrogens with one attached hydrogen (secondary N) is 1. The molecule has 2 aliphatic rings. The van der Waals surface area contributed by atoms with Crippen LogP contribution in [0.1, 0.15) is 6.42 Å². The number of methoxy groups -OCH3 is 1. The van der Waals surface area contributed by atoms with E-state index in [1.54, 1.807) is 7.11 Å². The Morgan fingerprint density at radius 3 is 3.38 bits per heavy atom. The highest BCUT2D eigenvalue weighted by Gasteiger charge is 2.19. The highest BCUT2D eigenvalue weighted by atomic mass is 16.5. The largest absolute Gasteiger partial charge is 0.383 e. The molecule has 1 fully saturated rings. The van der Waals surface area contributed by atoms with Gasteiger partial charge in [-0.15, -0.1) is 0 Å². The van der Waals surface area contributed by atoms with Crippen LogP contribution >= 0.6 is 0 Å². The first-order valence-electron chi connectivity index (χ1n) is 5.71. The third-order valence-electron chi connectivity index (χ3n) is 3.02. The van der Waals surface area contributed by atoms with E-state index in [4.69, 9.17) is 4.74 Å². The van der Waals surface area contributed by atoms with Crippen molar-refractivity contribution in [2.45, 2.75) is 6.42 Å². The van der Waals surface area contributed by atoms with E-state index < -0.39 is 0 Å². The van der Waals surface area contributed by atoms with Crippen molar-refractivity contribution in [3.63, 3.8) is 0 Å². The van der Waals surface area contributed by atoms with Gasteiger partial charge in [-0.3, -0.25) is 0 Å². The van der Waals surface area contributed by atoms with Crippen molar-refractivity contribution < 1.29 is 9.31 Å². The maximum atomic E-state index is 5.01. The fourth-order valence-electron chi connectivity index (χ4n) is 2.14. The first kappa shape index (κ1) is 11.3. The van der Waals surface area contributed by atoms with Crippen molar-refractivity contribution in [3.8, 4) is 0 Å². The van der Waals surface area contributed by atoms with Gasteiger partial charge in [0.05, 0.1) is 13.3 Å². The minimum Gasteiger partial charge on any atom is -0.383 e. The first-order valence-corrected chi connectivity index (χ1v) is 5.71. The zero-order chi connectivity index (χ0) is 11.4. The molecule has 0 unspecified atom stereocenters. The molecule has 0 atom stereocenters. The van der Waals surface area contributed by atoms with Crippen molar-refractivity contribution in [1.82, 2.24) is 5.32 Å². The van der Waals surface area contributed by atoms with Gasteiger partial charge < -0.3 is 14.6 Å². The summed E-state index contributed by atoms with van der Waals surface area (Å²) < 4.78 is 7.09. The van der Waals surface area contributed by atoms with E-state index in [2.05, 4.69) is 35.2 Å². The van der Waals surface area contributed by atoms with Gasteiger partial charge in [0.25, 0.3) is 0 Å². The Labute approximate surface area is 97.5 Å². The van der Waals surface area contributed by atoms with Crippen LogP contribution in [0.3, 0.4) is 0 Å². The van der Waals surface area contributed by atoms with Gasteiger partial charge in [0.2, 0.25) is 0 Å². The maximum absolute atomic E-state index is 5.01. The normalized spacial score (nSPS) is 19.1. The highest BCUT2D eigenvalue weighted by Crippen LogP contribution is 2.33. The fraction of sp³-hybridized carbons (Fsp3) is 0.462. The molecule has 0 amide bonds. The van der Waals surface area contributed by atoms with Crippen LogP contribution in [0.25, 0.3) is 0 Å². The summed E-state index contributed by atoms with van der Waals surface area (Å²) in [6.07, 6.45) is 7.56. The number of ether oxygens (including phenoxy) is 1. The summed E-state index contributed by atoms with van der Waals surface area (Å²) in [4.78, 5) is 0. The zero-order valence-electron chi connectivity index (χ0n) is 9.83. The van der Waals surface area contributed by atoms with Gasteiger partial charge in [-0.1, -0.05) is 0 Å². The minimum atomic E-state index is 0.760. The van der Waals surface area contributed by atoms with E-state index in [9.17, 15) is 0 Å². The van der Waals surface area contributed by atoms with E-state index in [0.29, 0.717) is 0 Å². The monoisotopic (exact) mass is 219 g/mol. The Hall–Kier alpha value is -1.19. The third kappa shape index (κ3) is 2.31. The molecule has 0 bridgehead atoms. The van der Waals surface area contributed by atoms with Gasteiger partial charge in [0, 0.05) is 19.7 Å². The van der Waals surface area contributed by atoms with Crippen LogP contribution in [0.5, 0.6) is 0 Å². The molecule has 0 aromatic heterocycles. The first-order chi connectivity index (χ1) is 7.83. The molecule has 3 heteroatoms. The van der Waals surface area contributed by atoms with E-state index in [0.717, 1.165) is 32.7 Å². The molecule has 0 radical (unpaired) electrons. The molecule has 1 heterocycles. The van der Waals surface area contributed by atoms with Crippen LogP contribution in [-0.4, -0.2) is 44.6 Å². The van der Waals surface area contributed by atoms with Crippen LogP contribution in [0.15, 0.2) is 23.3 Å². The smallest absolute Gasteiger partial charge is 0.121 e. The molecule has 0 spiro atoms. The predicted octanol–water partition coefficient (Wildman–Crippen LogP) is 0.942. The number of rotatable bonds is 5. The number of hydrogen-bond donors (Lipinski definition) is 1. The predicted molar refractivity (Wildman–Crippen MR) is 65.3 cm³/mol. The van der Waals surface area contributed by atoms with Gasteiger partial charge in [0.15, 0.2) is 0 Å². The highest BCUT2D eigenvalue weighted by molar-refractivity contribution is 5.47. The summed E-state index contributed by atoms with van der Waals surface area (Å²) in [5, 5.41) is 3.38.